The summed E-state index contributed by atoms with van der Waals surface area (Å²) in [5, 5.41) is 6.88. The first-order valence-electron chi connectivity index (χ1n) is 7.84. The first kappa shape index (κ1) is 17.2. The summed E-state index contributed by atoms with van der Waals surface area (Å²) in [5.74, 6) is 0. The Morgan fingerprint density at radius 1 is 1.40 bits per heavy atom. The number of rotatable bonds is 7. The third-order valence-corrected chi connectivity index (χ3v) is 3.26. The van der Waals surface area contributed by atoms with Crippen molar-refractivity contribution in [2.45, 2.75) is 58.6 Å². The van der Waals surface area contributed by atoms with Crippen LogP contribution in [0, 0.1) is 0 Å². The molecule has 1 unspecified atom stereocenters. The molecule has 5 nitrogen and oxygen atoms in total. The van der Waals surface area contributed by atoms with Crippen molar-refractivity contribution >= 4 is 6.09 Å². The summed E-state index contributed by atoms with van der Waals surface area (Å²) < 4.78 is 5.43. The molecule has 0 bridgehead atoms. The lowest BCUT2D eigenvalue weighted by atomic mass is 10.2. The molecule has 0 aliphatic carbocycles. The van der Waals surface area contributed by atoms with E-state index in [9.17, 15) is 4.79 Å². The standard InChI is InChI=1S/C15H31N3O2/c1-5-10-18(14(19)20-15(2,3)4)11-9-16-12-13-7-6-8-17-13/h13,16-17H,5-12H2,1-4H3. The molecule has 1 atom stereocenters. The van der Waals surface area contributed by atoms with E-state index in [0.29, 0.717) is 12.6 Å². The van der Waals surface area contributed by atoms with E-state index in [-0.39, 0.29) is 6.09 Å². The van der Waals surface area contributed by atoms with Crippen LogP contribution in [0.3, 0.4) is 0 Å². The van der Waals surface area contributed by atoms with Crippen molar-refractivity contribution < 1.29 is 9.53 Å². The Balaban J connectivity index is 2.25. The van der Waals surface area contributed by atoms with Crippen molar-refractivity contribution in [1.29, 1.82) is 0 Å². The normalized spacial score (nSPS) is 19.1. The van der Waals surface area contributed by atoms with E-state index in [4.69, 9.17) is 4.74 Å². The smallest absolute Gasteiger partial charge is 0.410 e. The molecule has 0 aromatic carbocycles. The highest BCUT2D eigenvalue weighted by Gasteiger charge is 2.21. The van der Waals surface area contributed by atoms with Crippen molar-refractivity contribution in [2.75, 3.05) is 32.7 Å². The zero-order valence-electron chi connectivity index (χ0n) is 13.5. The molecule has 0 spiro atoms. The summed E-state index contributed by atoms with van der Waals surface area (Å²) in [7, 11) is 0. The first-order valence-corrected chi connectivity index (χ1v) is 7.84. The van der Waals surface area contributed by atoms with Gasteiger partial charge in [-0.1, -0.05) is 6.92 Å². The molecule has 1 fully saturated rings. The van der Waals surface area contributed by atoms with Gasteiger partial charge in [0.1, 0.15) is 5.60 Å². The van der Waals surface area contributed by atoms with E-state index in [2.05, 4.69) is 17.6 Å². The van der Waals surface area contributed by atoms with E-state index < -0.39 is 5.60 Å². The van der Waals surface area contributed by atoms with Crippen molar-refractivity contribution in [2.24, 2.45) is 0 Å². The summed E-state index contributed by atoms with van der Waals surface area (Å²) in [6, 6.07) is 0.594. The molecule has 2 N–H and O–H groups in total. The van der Waals surface area contributed by atoms with Gasteiger partial charge in [0.25, 0.3) is 0 Å². The lowest BCUT2D eigenvalue weighted by Gasteiger charge is -2.27. The Labute approximate surface area is 123 Å². The fourth-order valence-corrected chi connectivity index (χ4v) is 2.31. The highest BCUT2D eigenvalue weighted by molar-refractivity contribution is 5.68. The van der Waals surface area contributed by atoms with Crippen molar-refractivity contribution in [3.63, 3.8) is 0 Å². The van der Waals surface area contributed by atoms with Crippen LogP contribution in [0.2, 0.25) is 0 Å². The summed E-state index contributed by atoms with van der Waals surface area (Å²) in [6.07, 6.45) is 3.26. The number of carbonyl (C=O) groups is 1. The zero-order chi connectivity index (χ0) is 15.0. The molecule has 1 aliphatic rings. The van der Waals surface area contributed by atoms with Crippen molar-refractivity contribution in [1.82, 2.24) is 15.5 Å². The molecule has 1 rings (SSSR count). The lowest BCUT2D eigenvalue weighted by molar-refractivity contribution is 0.0252. The summed E-state index contributed by atoms with van der Waals surface area (Å²) in [5.41, 5.74) is -0.426. The fourth-order valence-electron chi connectivity index (χ4n) is 2.31. The maximum Gasteiger partial charge on any atom is 0.410 e. The van der Waals surface area contributed by atoms with Crippen LogP contribution < -0.4 is 10.6 Å². The van der Waals surface area contributed by atoms with Crippen LogP contribution >= 0.6 is 0 Å². The molecule has 20 heavy (non-hydrogen) atoms. The van der Waals surface area contributed by atoms with Gasteiger partial charge in [-0.05, 0) is 46.6 Å². The van der Waals surface area contributed by atoms with Gasteiger partial charge in [-0.25, -0.2) is 4.79 Å². The molecule has 0 saturated carbocycles. The molecule has 1 heterocycles. The van der Waals surface area contributed by atoms with Gasteiger partial charge in [0.05, 0.1) is 0 Å². The van der Waals surface area contributed by atoms with Crippen LogP contribution in [-0.2, 0) is 4.74 Å². The topological polar surface area (TPSA) is 53.6 Å². The second kappa shape index (κ2) is 8.47. The number of nitrogens with one attached hydrogen (secondary N) is 2. The number of ether oxygens (including phenoxy) is 1. The molecule has 5 heteroatoms. The third kappa shape index (κ3) is 7.10. The Morgan fingerprint density at radius 2 is 2.15 bits per heavy atom. The number of hydrogen-bond donors (Lipinski definition) is 2. The number of carbonyl (C=O) groups excluding carboxylic acids is 1. The molecule has 0 aromatic heterocycles. The van der Waals surface area contributed by atoms with Gasteiger partial charge in [0, 0.05) is 32.2 Å². The fraction of sp³-hybridized carbons (Fsp3) is 0.933. The van der Waals surface area contributed by atoms with Gasteiger partial charge in [-0.2, -0.15) is 0 Å². The summed E-state index contributed by atoms with van der Waals surface area (Å²) in [6.45, 7) is 12.2. The highest BCUT2D eigenvalue weighted by Crippen LogP contribution is 2.10. The molecule has 118 valence electrons. The highest BCUT2D eigenvalue weighted by atomic mass is 16.6. The van der Waals surface area contributed by atoms with Gasteiger partial charge in [0.2, 0.25) is 0 Å². The summed E-state index contributed by atoms with van der Waals surface area (Å²) >= 11 is 0. The minimum Gasteiger partial charge on any atom is -0.444 e. The van der Waals surface area contributed by atoms with Crippen LogP contribution in [0.15, 0.2) is 0 Å². The molecule has 0 radical (unpaired) electrons. The minimum atomic E-state index is -0.426. The maximum absolute atomic E-state index is 12.1. The largest absolute Gasteiger partial charge is 0.444 e. The van der Waals surface area contributed by atoms with Gasteiger partial charge in [0.15, 0.2) is 0 Å². The van der Waals surface area contributed by atoms with E-state index in [1.807, 2.05) is 20.8 Å². The van der Waals surface area contributed by atoms with Gasteiger partial charge < -0.3 is 20.3 Å². The van der Waals surface area contributed by atoms with Crippen LogP contribution in [-0.4, -0.2) is 55.4 Å². The van der Waals surface area contributed by atoms with Gasteiger partial charge in [-0.15, -0.1) is 0 Å². The van der Waals surface area contributed by atoms with E-state index >= 15 is 0 Å². The van der Waals surface area contributed by atoms with Crippen molar-refractivity contribution in [3.05, 3.63) is 0 Å². The lowest BCUT2D eigenvalue weighted by Crippen LogP contribution is -2.42. The average Bonchev–Trinajstić information content (AvgIpc) is 2.83. The number of hydrogen-bond acceptors (Lipinski definition) is 4. The average molecular weight is 285 g/mol. The molecule has 1 saturated heterocycles. The number of amides is 1. The Bertz CT molecular complexity index is 283. The summed E-state index contributed by atoms with van der Waals surface area (Å²) in [4.78, 5) is 13.9. The zero-order valence-corrected chi connectivity index (χ0v) is 13.5. The second-order valence-electron chi connectivity index (χ2n) is 6.46. The van der Waals surface area contributed by atoms with Crippen LogP contribution in [0.5, 0.6) is 0 Å². The minimum absolute atomic E-state index is 0.208. The van der Waals surface area contributed by atoms with Crippen LogP contribution in [0.25, 0.3) is 0 Å². The Kier molecular flexibility index (Phi) is 7.30. The monoisotopic (exact) mass is 285 g/mol. The second-order valence-corrected chi connectivity index (χ2v) is 6.46. The number of nitrogens with zero attached hydrogens (tertiary/aromatic N) is 1. The van der Waals surface area contributed by atoms with Crippen LogP contribution in [0.1, 0.15) is 47.0 Å². The molecule has 0 aromatic rings. The Hall–Kier alpha value is -0.810. The predicted octanol–water partition coefficient (Wildman–Crippen LogP) is 1.98. The Morgan fingerprint density at radius 3 is 2.70 bits per heavy atom. The molecular formula is C15H31N3O2. The van der Waals surface area contributed by atoms with Gasteiger partial charge >= 0.3 is 6.09 Å². The van der Waals surface area contributed by atoms with E-state index in [1.54, 1.807) is 4.90 Å². The van der Waals surface area contributed by atoms with E-state index in [0.717, 1.165) is 32.6 Å². The van der Waals surface area contributed by atoms with Crippen molar-refractivity contribution in [3.8, 4) is 0 Å². The van der Waals surface area contributed by atoms with Crippen LogP contribution in [0.4, 0.5) is 4.79 Å². The third-order valence-electron chi connectivity index (χ3n) is 3.26. The molecular weight excluding hydrogens is 254 g/mol. The molecule has 1 amide bonds. The first-order chi connectivity index (χ1) is 9.42. The SMILES string of the molecule is CCCN(CCNCC1CCCN1)C(=O)OC(C)(C)C. The molecule has 1 aliphatic heterocycles. The quantitative estimate of drug-likeness (QED) is 0.702. The predicted molar refractivity (Wildman–Crippen MR) is 82.0 cm³/mol. The van der Waals surface area contributed by atoms with Gasteiger partial charge in [-0.3, -0.25) is 0 Å². The maximum atomic E-state index is 12.1. The van der Waals surface area contributed by atoms with E-state index in [1.165, 1.54) is 12.8 Å².